The Morgan fingerprint density at radius 3 is 2.62 bits per heavy atom. The van der Waals surface area contributed by atoms with Crippen LogP contribution >= 0.6 is 11.6 Å². The number of nitrogens with zero attached hydrogens (tertiary/aromatic N) is 2. The van der Waals surface area contributed by atoms with Gasteiger partial charge in [0.05, 0.1) is 23.1 Å². The van der Waals surface area contributed by atoms with E-state index in [-0.39, 0.29) is 11.2 Å². The van der Waals surface area contributed by atoms with E-state index in [1.54, 1.807) is 25.4 Å². The van der Waals surface area contributed by atoms with Crippen LogP contribution in [0.4, 0.5) is 15.9 Å². The number of hydrogen-bond donors (Lipinski definition) is 3. The minimum absolute atomic E-state index is 0.281. The summed E-state index contributed by atoms with van der Waals surface area (Å²) >= 11 is 6.43. The number of nitrogens with one attached hydrogen (secondary N) is 3. The van der Waals surface area contributed by atoms with Crippen LogP contribution in [-0.2, 0) is 4.74 Å². The predicted octanol–water partition coefficient (Wildman–Crippen LogP) is 5.60. The van der Waals surface area contributed by atoms with Gasteiger partial charge in [0, 0.05) is 54.8 Å². The van der Waals surface area contributed by atoms with Gasteiger partial charge in [-0.2, -0.15) is 5.26 Å². The number of methoxy groups -OCH3 is 1. The van der Waals surface area contributed by atoms with E-state index < -0.39 is 0 Å². The van der Waals surface area contributed by atoms with Crippen molar-refractivity contribution in [2.45, 2.75) is 63.6 Å². The van der Waals surface area contributed by atoms with Gasteiger partial charge in [-0.3, -0.25) is 0 Å². The highest BCUT2D eigenvalue weighted by Gasteiger charge is 2.42. The number of benzene rings is 1. The van der Waals surface area contributed by atoms with E-state index in [1.165, 1.54) is 6.07 Å². The molecule has 0 amide bonds. The molecule has 1 heterocycles. The normalized spacial score (nSPS) is 22.0. The smallest absolute Gasteiger partial charge is 0.131 e. The van der Waals surface area contributed by atoms with E-state index >= 15 is 0 Å². The molecule has 1 atom stereocenters. The van der Waals surface area contributed by atoms with Gasteiger partial charge in [-0.05, 0) is 69.7 Å². The fourth-order valence-corrected chi connectivity index (χ4v) is 4.84. The first-order chi connectivity index (χ1) is 16.4. The van der Waals surface area contributed by atoms with Crippen molar-refractivity contribution >= 4 is 23.1 Å². The monoisotopic (exact) mass is 485 g/mol. The Bertz CT molecular complexity index is 1030. The lowest BCUT2D eigenvalue weighted by Crippen LogP contribution is -2.42. The Balaban J connectivity index is 1.41. The van der Waals surface area contributed by atoms with Crippen molar-refractivity contribution in [2.75, 3.05) is 30.9 Å². The summed E-state index contributed by atoms with van der Waals surface area (Å²) in [7, 11) is 1.73. The van der Waals surface area contributed by atoms with Crippen LogP contribution in [0.25, 0.3) is 11.1 Å². The van der Waals surface area contributed by atoms with Crippen molar-refractivity contribution in [2.24, 2.45) is 5.41 Å². The lowest BCUT2D eigenvalue weighted by atomic mass is 9.90. The lowest BCUT2D eigenvalue weighted by molar-refractivity contribution is 0.161. The molecule has 1 aromatic carbocycles. The van der Waals surface area contributed by atoms with Crippen molar-refractivity contribution in [1.82, 2.24) is 10.3 Å². The summed E-state index contributed by atoms with van der Waals surface area (Å²) in [6.07, 6.45) is 7.61. The van der Waals surface area contributed by atoms with Crippen LogP contribution in [0.15, 0.2) is 30.5 Å². The molecule has 2 fully saturated rings. The number of hydrogen-bond acceptors (Lipinski definition) is 6. The van der Waals surface area contributed by atoms with Gasteiger partial charge in [-0.1, -0.05) is 11.6 Å². The number of halogens is 2. The molecule has 182 valence electrons. The van der Waals surface area contributed by atoms with Crippen molar-refractivity contribution < 1.29 is 9.13 Å². The molecular weight excluding hydrogens is 453 g/mol. The van der Waals surface area contributed by atoms with Crippen LogP contribution in [-0.4, -0.2) is 43.4 Å². The molecule has 0 spiro atoms. The maximum atomic E-state index is 14.8. The number of rotatable bonds is 10. The van der Waals surface area contributed by atoms with Crippen molar-refractivity contribution in [3.05, 3.63) is 41.3 Å². The quantitative estimate of drug-likeness (QED) is 0.406. The minimum Gasteiger partial charge on any atom is -0.383 e. The molecule has 2 aliphatic rings. The summed E-state index contributed by atoms with van der Waals surface area (Å²) < 4.78 is 20.0. The van der Waals surface area contributed by atoms with Crippen molar-refractivity contribution in [3.63, 3.8) is 0 Å². The van der Waals surface area contributed by atoms with Crippen LogP contribution < -0.4 is 16.0 Å². The molecule has 6 nitrogen and oxygen atoms in total. The van der Waals surface area contributed by atoms with Gasteiger partial charge in [-0.25, -0.2) is 9.37 Å². The Kier molecular flexibility index (Phi) is 7.92. The van der Waals surface area contributed by atoms with Gasteiger partial charge < -0.3 is 20.7 Å². The largest absolute Gasteiger partial charge is 0.383 e. The van der Waals surface area contributed by atoms with Gasteiger partial charge in [0.15, 0.2) is 0 Å². The van der Waals surface area contributed by atoms with Gasteiger partial charge >= 0.3 is 0 Å². The molecule has 0 bridgehead atoms. The zero-order chi connectivity index (χ0) is 24.1. The molecule has 0 aliphatic heterocycles. The minimum atomic E-state index is -0.345. The molecule has 3 N–H and O–H groups in total. The van der Waals surface area contributed by atoms with E-state index in [0.29, 0.717) is 53.2 Å². The number of pyridine rings is 1. The molecular formula is C26H33ClFN5O. The second-order valence-corrected chi connectivity index (χ2v) is 10.1. The zero-order valence-corrected chi connectivity index (χ0v) is 20.6. The van der Waals surface area contributed by atoms with Crippen molar-refractivity contribution in [3.8, 4) is 17.2 Å². The van der Waals surface area contributed by atoms with Gasteiger partial charge in [0.2, 0.25) is 0 Å². The Labute approximate surface area is 206 Å². The van der Waals surface area contributed by atoms with Crippen LogP contribution in [0.2, 0.25) is 5.02 Å². The Morgan fingerprint density at radius 1 is 1.21 bits per heavy atom. The molecule has 8 heteroatoms. The fraction of sp³-hybridized carbons (Fsp3) is 0.538. The van der Waals surface area contributed by atoms with E-state index in [9.17, 15) is 9.65 Å². The zero-order valence-electron chi connectivity index (χ0n) is 19.8. The number of ether oxygens (including phenoxy) is 1. The van der Waals surface area contributed by atoms with Crippen LogP contribution in [0, 0.1) is 22.6 Å². The fourth-order valence-electron chi connectivity index (χ4n) is 4.63. The molecule has 4 rings (SSSR count). The first kappa shape index (κ1) is 24.7. The summed E-state index contributed by atoms with van der Waals surface area (Å²) in [5.41, 5.74) is 1.51. The first-order valence-corrected chi connectivity index (χ1v) is 12.4. The highest BCUT2D eigenvalue weighted by Crippen LogP contribution is 2.45. The average Bonchev–Trinajstić information content (AvgIpc) is 3.62. The van der Waals surface area contributed by atoms with Gasteiger partial charge in [0.25, 0.3) is 0 Å². The van der Waals surface area contributed by atoms with E-state index in [4.69, 9.17) is 16.3 Å². The maximum Gasteiger partial charge on any atom is 0.131 e. The van der Waals surface area contributed by atoms with E-state index in [0.717, 1.165) is 44.2 Å². The van der Waals surface area contributed by atoms with Crippen molar-refractivity contribution in [1.29, 1.82) is 5.26 Å². The molecule has 2 aliphatic carbocycles. The lowest BCUT2D eigenvalue weighted by Gasteiger charge is -2.32. The molecule has 2 saturated carbocycles. The second-order valence-electron chi connectivity index (χ2n) is 9.71. The molecule has 34 heavy (non-hydrogen) atoms. The first-order valence-electron chi connectivity index (χ1n) is 12.0. The molecule has 1 aromatic heterocycles. The Morgan fingerprint density at radius 2 is 1.94 bits per heavy atom. The summed E-state index contributed by atoms with van der Waals surface area (Å²) in [5.74, 6) is 0.352. The topological polar surface area (TPSA) is 82.0 Å². The van der Waals surface area contributed by atoms with Gasteiger partial charge in [-0.15, -0.1) is 0 Å². The molecule has 0 unspecified atom stereocenters. The summed E-state index contributed by atoms with van der Waals surface area (Å²) in [5, 5.41) is 20.1. The summed E-state index contributed by atoms with van der Waals surface area (Å²) in [4.78, 5) is 4.44. The average molecular weight is 486 g/mol. The second kappa shape index (κ2) is 10.9. The van der Waals surface area contributed by atoms with E-state index in [1.807, 2.05) is 6.07 Å². The van der Waals surface area contributed by atoms with Crippen LogP contribution in [0.5, 0.6) is 0 Å². The molecule has 0 saturated heterocycles. The maximum absolute atomic E-state index is 14.8. The highest BCUT2D eigenvalue weighted by molar-refractivity contribution is 6.33. The summed E-state index contributed by atoms with van der Waals surface area (Å²) in [6, 6.07) is 10.2. The highest BCUT2D eigenvalue weighted by atomic mass is 35.5. The third kappa shape index (κ3) is 6.18. The standard InChI is InChI=1S/C26H33ClFN5O/c1-17(14-34-2)32-18-3-5-19(6-4-18)33-25-12-21(23(27)13-30-25)22-11-20(7-8-24(22)28)31-16-26(15-29)9-10-26/h7-8,11-13,17-19,31-32H,3-6,9-10,14,16H2,1-2H3,(H,30,33)/t17-,18-,19-/m1/s1. The van der Waals surface area contributed by atoms with Crippen LogP contribution in [0.3, 0.4) is 0 Å². The van der Waals surface area contributed by atoms with Crippen LogP contribution in [0.1, 0.15) is 45.4 Å². The third-order valence-electron chi connectivity index (χ3n) is 6.85. The third-order valence-corrected chi connectivity index (χ3v) is 7.15. The number of nitriles is 1. The number of anilines is 2. The molecule has 0 radical (unpaired) electrons. The predicted molar refractivity (Wildman–Crippen MR) is 135 cm³/mol. The SMILES string of the molecule is COC[C@@H](C)N[C@H]1CC[C@H](Nc2cc(-c3cc(NCC4(C#N)CC4)ccc3F)c(Cl)cn2)CC1. The van der Waals surface area contributed by atoms with Gasteiger partial charge in [0.1, 0.15) is 11.6 Å². The molecule has 2 aromatic rings. The Hall–Kier alpha value is -2.40. The van der Waals surface area contributed by atoms with E-state index in [2.05, 4.69) is 33.9 Å². The number of aromatic nitrogens is 1. The summed E-state index contributed by atoms with van der Waals surface area (Å²) in [6.45, 7) is 3.42.